The van der Waals surface area contributed by atoms with Gasteiger partial charge in [-0.15, -0.1) is 0 Å². The molecule has 0 bridgehead atoms. The Bertz CT molecular complexity index is 209. The largest absolute Gasteiger partial charge is 0.439 e. The maximum absolute atomic E-state index is 10.8. The zero-order valence-corrected chi connectivity index (χ0v) is 8.83. The van der Waals surface area contributed by atoms with Crippen LogP contribution < -0.4 is 5.32 Å². The second kappa shape index (κ2) is 4.61. The monoisotopic (exact) mass is 203 g/mol. The van der Waals surface area contributed by atoms with Crippen LogP contribution in [-0.2, 0) is 14.2 Å². The van der Waals surface area contributed by atoms with Crippen molar-refractivity contribution >= 4 is 6.09 Å². The molecule has 0 aromatic carbocycles. The lowest BCUT2D eigenvalue weighted by atomic mass is 10.1. The summed E-state index contributed by atoms with van der Waals surface area (Å²) in [7, 11) is 0. The Hall–Kier alpha value is -0.810. The van der Waals surface area contributed by atoms with Crippen molar-refractivity contribution < 1.29 is 19.0 Å². The summed E-state index contributed by atoms with van der Waals surface area (Å²) in [5.41, 5.74) is -0.567. The molecule has 1 amide bonds. The second-order valence-electron chi connectivity index (χ2n) is 3.53. The molecule has 82 valence electrons. The smallest absolute Gasteiger partial charge is 0.407 e. The third kappa shape index (κ3) is 3.16. The lowest BCUT2D eigenvalue weighted by Crippen LogP contribution is -2.36. The molecule has 0 aromatic rings. The minimum atomic E-state index is -0.567. The van der Waals surface area contributed by atoms with Crippen LogP contribution in [0.15, 0.2) is 0 Å². The molecule has 1 rings (SSSR count). The summed E-state index contributed by atoms with van der Waals surface area (Å²) in [6, 6.07) is 0. The van der Waals surface area contributed by atoms with Crippen LogP contribution in [-0.4, -0.2) is 37.7 Å². The van der Waals surface area contributed by atoms with Gasteiger partial charge in [-0.3, -0.25) is 0 Å². The molecule has 0 aromatic heterocycles. The van der Waals surface area contributed by atoms with E-state index in [1.54, 1.807) is 0 Å². The molecule has 0 spiro atoms. The van der Waals surface area contributed by atoms with Gasteiger partial charge in [0.25, 0.3) is 0 Å². The van der Waals surface area contributed by atoms with Crippen molar-refractivity contribution in [2.75, 3.05) is 19.8 Å². The minimum Gasteiger partial charge on any atom is -0.439 e. The summed E-state index contributed by atoms with van der Waals surface area (Å²) < 4.78 is 15.6. The summed E-state index contributed by atoms with van der Waals surface area (Å²) in [5, 5.41) is 2.58. The zero-order chi connectivity index (χ0) is 10.6. The summed E-state index contributed by atoms with van der Waals surface area (Å²) in [6.07, 6.45) is -0.656. The maximum atomic E-state index is 10.8. The number of carbonyl (C=O) groups is 1. The first-order valence-electron chi connectivity index (χ1n) is 4.76. The van der Waals surface area contributed by atoms with Gasteiger partial charge in [-0.25, -0.2) is 4.79 Å². The number of ether oxygens (including phenoxy) is 3. The third-order valence-corrected chi connectivity index (χ3v) is 1.97. The molecular weight excluding hydrogens is 186 g/mol. The Labute approximate surface area is 83.7 Å². The molecule has 5 nitrogen and oxygen atoms in total. The van der Waals surface area contributed by atoms with Gasteiger partial charge in [0.05, 0.1) is 13.2 Å². The normalized spacial score (nSPS) is 28.4. The van der Waals surface area contributed by atoms with Crippen molar-refractivity contribution in [2.45, 2.75) is 32.7 Å². The van der Waals surface area contributed by atoms with Crippen LogP contribution in [0, 0.1) is 0 Å². The average molecular weight is 203 g/mol. The number of nitrogens with one attached hydrogen (secondary N) is 1. The van der Waals surface area contributed by atoms with Crippen molar-refractivity contribution in [1.82, 2.24) is 5.32 Å². The molecule has 2 unspecified atom stereocenters. The van der Waals surface area contributed by atoms with E-state index in [0.717, 1.165) is 0 Å². The van der Waals surface area contributed by atoms with Gasteiger partial charge in [0, 0.05) is 6.61 Å². The van der Waals surface area contributed by atoms with E-state index >= 15 is 0 Å². The Morgan fingerprint density at radius 2 is 2.36 bits per heavy atom. The number of alkyl carbamates (subject to hydrolysis) is 1. The molecule has 1 fully saturated rings. The van der Waals surface area contributed by atoms with Crippen LogP contribution >= 0.6 is 0 Å². The molecule has 0 saturated carbocycles. The topological polar surface area (TPSA) is 56.8 Å². The quantitative estimate of drug-likeness (QED) is 0.674. The second-order valence-corrected chi connectivity index (χ2v) is 3.53. The Morgan fingerprint density at radius 3 is 2.86 bits per heavy atom. The van der Waals surface area contributed by atoms with E-state index in [-0.39, 0.29) is 12.4 Å². The number of carbonyl (C=O) groups excluding carboxylic acids is 1. The number of hydrogen-bond donors (Lipinski definition) is 1. The van der Waals surface area contributed by atoms with E-state index in [0.29, 0.717) is 19.8 Å². The molecule has 0 radical (unpaired) electrons. The lowest BCUT2D eigenvalue weighted by molar-refractivity contribution is -0.155. The van der Waals surface area contributed by atoms with Gasteiger partial charge in [-0.1, -0.05) is 0 Å². The number of amides is 1. The molecule has 1 heterocycles. The third-order valence-electron chi connectivity index (χ3n) is 1.97. The van der Waals surface area contributed by atoms with E-state index in [9.17, 15) is 4.79 Å². The first kappa shape index (κ1) is 11.3. The van der Waals surface area contributed by atoms with Crippen LogP contribution in [0.3, 0.4) is 0 Å². The van der Waals surface area contributed by atoms with Crippen molar-refractivity contribution in [3.8, 4) is 0 Å². The molecule has 5 heteroatoms. The van der Waals surface area contributed by atoms with Gasteiger partial charge in [0.15, 0.2) is 11.9 Å². The Balaban J connectivity index is 2.26. The molecule has 1 aliphatic rings. The first-order valence-corrected chi connectivity index (χ1v) is 4.76. The van der Waals surface area contributed by atoms with Gasteiger partial charge in [0.2, 0.25) is 0 Å². The van der Waals surface area contributed by atoms with Gasteiger partial charge < -0.3 is 19.5 Å². The molecular formula is C9H17NO4. The highest BCUT2D eigenvalue weighted by Crippen LogP contribution is 2.16. The predicted molar refractivity (Wildman–Crippen MR) is 49.9 cm³/mol. The van der Waals surface area contributed by atoms with Crippen molar-refractivity contribution in [2.24, 2.45) is 0 Å². The van der Waals surface area contributed by atoms with Crippen molar-refractivity contribution in [1.29, 1.82) is 0 Å². The standard InChI is InChI=1S/C9H17NO4/c1-4-12-7(2)13-6-9(3)5-10-8(11)14-9/h7H,4-6H2,1-3H3,(H,10,11). The molecule has 1 saturated heterocycles. The maximum Gasteiger partial charge on any atom is 0.407 e. The number of cyclic esters (lactones) is 1. The van der Waals surface area contributed by atoms with Gasteiger partial charge in [0.1, 0.15) is 0 Å². The Kier molecular flexibility index (Phi) is 3.71. The minimum absolute atomic E-state index is 0.267. The van der Waals surface area contributed by atoms with Gasteiger partial charge in [-0.05, 0) is 20.8 Å². The molecule has 2 atom stereocenters. The molecule has 1 N–H and O–H groups in total. The summed E-state index contributed by atoms with van der Waals surface area (Å²) in [5.74, 6) is 0. The van der Waals surface area contributed by atoms with Crippen LogP contribution in [0.4, 0.5) is 4.79 Å². The van der Waals surface area contributed by atoms with Crippen LogP contribution in [0.2, 0.25) is 0 Å². The lowest BCUT2D eigenvalue weighted by Gasteiger charge is -2.23. The summed E-state index contributed by atoms with van der Waals surface area (Å²) >= 11 is 0. The molecule has 0 aliphatic carbocycles. The molecule has 14 heavy (non-hydrogen) atoms. The SMILES string of the molecule is CCOC(C)OCC1(C)CNC(=O)O1. The highest BCUT2D eigenvalue weighted by Gasteiger charge is 2.36. The highest BCUT2D eigenvalue weighted by molar-refractivity contribution is 5.70. The van der Waals surface area contributed by atoms with Gasteiger partial charge >= 0.3 is 6.09 Å². The fraction of sp³-hybridized carbons (Fsp3) is 0.889. The van der Waals surface area contributed by atoms with Crippen molar-refractivity contribution in [3.63, 3.8) is 0 Å². The predicted octanol–water partition coefficient (Wildman–Crippen LogP) is 0.884. The molecule has 1 aliphatic heterocycles. The van der Waals surface area contributed by atoms with E-state index in [1.807, 2.05) is 20.8 Å². The van der Waals surface area contributed by atoms with Crippen molar-refractivity contribution in [3.05, 3.63) is 0 Å². The van der Waals surface area contributed by atoms with Crippen LogP contribution in [0.1, 0.15) is 20.8 Å². The highest BCUT2D eigenvalue weighted by atomic mass is 16.7. The van der Waals surface area contributed by atoms with E-state index in [1.165, 1.54) is 0 Å². The zero-order valence-electron chi connectivity index (χ0n) is 8.83. The van der Waals surface area contributed by atoms with E-state index < -0.39 is 5.60 Å². The number of hydrogen-bond acceptors (Lipinski definition) is 4. The fourth-order valence-corrected chi connectivity index (χ4v) is 1.21. The summed E-state index contributed by atoms with van der Waals surface area (Å²) in [4.78, 5) is 10.8. The average Bonchev–Trinajstić information content (AvgIpc) is 2.45. The van der Waals surface area contributed by atoms with E-state index in [4.69, 9.17) is 14.2 Å². The van der Waals surface area contributed by atoms with Crippen LogP contribution in [0.25, 0.3) is 0 Å². The Morgan fingerprint density at radius 1 is 1.64 bits per heavy atom. The fourth-order valence-electron chi connectivity index (χ4n) is 1.21. The summed E-state index contributed by atoms with van der Waals surface area (Å²) in [6.45, 7) is 6.97. The van der Waals surface area contributed by atoms with Crippen LogP contribution in [0.5, 0.6) is 0 Å². The van der Waals surface area contributed by atoms with Gasteiger partial charge in [-0.2, -0.15) is 0 Å². The van der Waals surface area contributed by atoms with E-state index in [2.05, 4.69) is 5.32 Å². The number of rotatable bonds is 5. The first-order chi connectivity index (χ1) is 6.56.